The molecule has 0 atom stereocenters. The average Bonchev–Trinajstić information content (AvgIpc) is 2.98. The third kappa shape index (κ3) is 2.64. The van der Waals surface area contributed by atoms with Crippen LogP contribution in [0.25, 0.3) is 0 Å². The van der Waals surface area contributed by atoms with Gasteiger partial charge in [0.15, 0.2) is 5.69 Å². The highest BCUT2D eigenvalue weighted by atomic mass is 16.6. The lowest BCUT2D eigenvalue weighted by atomic mass is 10.3. The minimum atomic E-state index is -1.23. The van der Waals surface area contributed by atoms with E-state index in [1.807, 2.05) is 0 Å². The molecule has 0 aliphatic heterocycles. The molecular formula is C10H10N4O6. The van der Waals surface area contributed by atoms with Crippen LogP contribution >= 0.6 is 0 Å². The summed E-state index contributed by atoms with van der Waals surface area (Å²) in [6, 6.07) is 2.62. The maximum atomic E-state index is 11.0. The summed E-state index contributed by atoms with van der Waals surface area (Å²) < 4.78 is 11.1. The fraction of sp³-hybridized carbons (Fsp3) is 0.300. The highest BCUT2D eigenvalue weighted by Crippen LogP contribution is 2.17. The second-order valence-electron chi connectivity index (χ2n) is 3.78. The van der Waals surface area contributed by atoms with Gasteiger partial charge in [0, 0.05) is 7.11 Å². The minimum absolute atomic E-state index is 0.00254. The second-order valence-corrected chi connectivity index (χ2v) is 3.78. The number of carboxylic acid groups (broad SMARTS) is 1. The molecule has 106 valence electrons. The second kappa shape index (κ2) is 5.48. The van der Waals surface area contributed by atoms with Gasteiger partial charge in [0.25, 0.3) is 0 Å². The first-order chi connectivity index (χ1) is 9.52. The number of aromatic nitrogens is 3. The minimum Gasteiger partial charge on any atom is -0.476 e. The van der Waals surface area contributed by atoms with E-state index in [1.165, 1.54) is 23.9 Å². The molecule has 0 spiro atoms. The van der Waals surface area contributed by atoms with E-state index in [0.717, 1.165) is 0 Å². The van der Waals surface area contributed by atoms with E-state index in [1.54, 1.807) is 0 Å². The standard InChI is InChI=1S/C10H10N4O6/c1-19-5-7-9(10(15)16)11-12-13(7)4-6-2-3-8(20-6)14(17)18/h2-3H,4-5H2,1H3,(H,15,16). The summed E-state index contributed by atoms with van der Waals surface area (Å²) in [6.07, 6.45) is 0. The molecule has 0 saturated carbocycles. The van der Waals surface area contributed by atoms with Crippen molar-refractivity contribution in [2.24, 2.45) is 0 Å². The lowest BCUT2D eigenvalue weighted by molar-refractivity contribution is -0.402. The maximum Gasteiger partial charge on any atom is 0.433 e. The zero-order valence-corrected chi connectivity index (χ0v) is 10.3. The normalized spacial score (nSPS) is 10.7. The van der Waals surface area contributed by atoms with Crippen LogP contribution in [0.1, 0.15) is 21.9 Å². The first kappa shape index (κ1) is 13.7. The van der Waals surface area contributed by atoms with Crippen molar-refractivity contribution in [1.82, 2.24) is 15.0 Å². The predicted molar refractivity (Wildman–Crippen MR) is 62.2 cm³/mol. The van der Waals surface area contributed by atoms with Crippen molar-refractivity contribution in [3.63, 3.8) is 0 Å². The summed E-state index contributed by atoms with van der Waals surface area (Å²) in [4.78, 5) is 20.8. The lowest BCUT2D eigenvalue weighted by Crippen LogP contribution is -2.10. The van der Waals surface area contributed by atoms with Gasteiger partial charge in [-0.1, -0.05) is 5.21 Å². The SMILES string of the molecule is COCc1c(C(=O)O)nnn1Cc1ccc([N+](=O)[O-])o1. The number of nitrogens with zero attached hydrogens (tertiary/aromatic N) is 4. The van der Waals surface area contributed by atoms with Crippen molar-refractivity contribution < 1.29 is 24.0 Å². The molecule has 2 rings (SSSR count). The number of furan rings is 1. The molecule has 0 saturated heterocycles. The van der Waals surface area contributed by atoms with Crippen molar-refractivity contribution in [2.45, 2.75) is 13.2 Å². The number of rotatable bonds is 6. The van der Waals surface area contributed by atoms with Gasteiger partial charge in [0.2, 0.25) is 0 Å². The zero-order valence-electron chi connectivity index (χ0n) is 10.3. The Hall–Kier alpha value is -2.75. The Morgan fingerprint density at radius 1 is 1.60 bits per heavy atom. The Bertz CT molecular complexity index is 646. The molecule has 20 heavy (non-hydrogen) atoms. The largest absolute Gasteiger partial charge is 0.476 e. The quantitative estimate of drug-likeness (QED) is 0.603. The molecule has 0 aliphatic carbocycles. The van der Waals surface area contributed by atoms with Crippen LogP contribution in [0.15, 0.2) is 16.5 Å². The topological polar surface area (TPSA) is 134 Å². The molecule has 0 bridgehead atoms. The summed E-state index contributed by atoms with van der Waals surface area (Å²) in [5.74, 6) is -1.36. The molecule has 0 unspecified atom stereocenters. The van der Waals surface area contributed by atoms with Crippen molar-refractivity contribution in [2.75, 3.05) is 7.11 Å². The van der Waals surface area contributed by atoms with E-state index in [0.29, 0.717) is 0 Å². The van der Waals surface area contributed by atoms with Gasteiger partial charge in [0.1, 0.15) is 17.2 Å². The lowest BCUT2D eigenvalue weighted by Gasteiger charge is -2.03. The third-order valence-electron chi connectivity index (χ3n) is 2.45. The molecule has 1 N–H and O–H groups in total. The van der Waals surface area contributed by atoms with Crippen molar-refractivity contribution >= 4 is 11.9 Å². The number of nitro groups is 1. The molecule has 0 aliphatic rings. The number of methoxy groups -OCH3 is 1. The van der Waals surface area contributed by atoms with E-state index in [4.69, 9.17) is 14.3 Å². The molecule has 2 aromatic rings. The van der Waals surface area contributed by atoms with Gasteiger partial charge in [-0.2, -0.15) is 0 Å². The van der Waals surface area contributed by atoms with Gasteiger partial charge >= 0.3 is 11.9 Å². The summed E-state index contributed by atoms with van der Waals surface area (Å²) in [5.41, 5.74) is 0.0203. The summed E-state index contributed by atoms with van der Waals surface area (Å²) in [5, 5.41) is 26.7. The van der Waals surface area contributed by atoms with Gasteiger partial charge in [-0.25, -0.2) is 9.48 Å². The smallest absolute Gasteiger partial charge is 0.433 e. The van der Waals surface area contributed by atoms with Crippen LogP contribution in [0.4, 0.5) is 5.88 Å². The molecular weight excluding hydrogens is 272 g/mol. The molecule has 0 radical (unpaired) electrons. The van der Waals surface area contributed by atoms with E-state index in [2.05, 4.69) is 10.3 Å². The van der Waals surface area contributed by atoms with Gasteiger partial charge in [0.05, 0.1) is 18.4 Å². The first-order valence-corrected chi connectivity index (χ1v) is 5.40. The van der Waals surface area contributed by atoms with Crippen molar-refractivity contribution in [1.29, 1.82) is 0 Å². The molecule has 2 aromatic heterocycles. The first-order valence-electron chi connectivity index (χ1n) is 5.40. The number of ether oxygens (including phenoxy) is 1. The Labute approximate surface area is 111 Å². The molecule has 0 fully saturated rings. The van der Waals surface area contributed by atoms with Gasteiger partial charge in [-0.05, 0) is 6.07 Å². The highest BCUT2D eigenvalue weighted by molar-refractivity contribution is 5.86. The maximum absolute atomic E-state index is 11.0. The number of carbonyl (C=O) groups is 1. The fourth-order valence-electron chi connectivity index (χ4n) is 1.60. The Morgan fingerprint density at radius 3 is 2.90 bits per heavy atom. The summed E-state index contributed by atoms with van der Waals surface area (Å²) in [6.45, 7) is 0.0181. The molecule has 10 heteroatoms. The van der Waals surface area contributed by atoms with E-state index in [9.17, 15) is 14.9 Å². The Balaban J connectivity index is 2.28. The number of aromatic carboxylic acids is 1. The van der Waals surface area contributed by atoms with Gasteiger partial charge in [-0.3, -0.25) is 10.1 Å². The Kier molecular flexibility index (Phi) is 3.75. The highest BCUT2D eigenvalue weighted by Gasteiger charge is 2.20. The Morgan fingerprint density at radius 2 is 2.35 bits per heavy atom. The predicted octanol–water partition coefficient (Wildman–Crippen LogP) is 0.672. The third-order valence-corrected chi connectivity index (χ3v) is 2.45. The van der Waals surface area contributed by atoms with Crippen molar-refractivity contribution in [3.8, 4) is 0 Å². The van der Waals surface area contributed by atoms with Crippen LogP contribution in [0.3, 0.4) is 0 Å². The van der Waals surface area contributed by atoms with Crippen LogP contribution in [-0.4, -0.2) is 38.1 Å². The zero-order chi connectivity index (χ0) is 14.7. The molecule has 0 aromatic carbocycles. The fourth-order valence-corrected chi connectivity index (χ4v) is 1.60. The van der Waals surface area contributed by atoms with E-state index in [-0.39, 0.29) is 30.3 Å². The number of hydrogen-bond donors (Lipinski definition) is 1. The number of hydrogen-bond acceptors (Lipinski definition) is 7. The van der Waals surface area contributed by atoms with Crippen LogP contribution in [0, 0.1) is 10.1 Å². The number of carboxylic acids is 1. The van der Waals surface area contributed by atoms with Crippen LogP contribution in [0.5, 0.6) is 0 Å². The summed E-state index contributed by atoms with van der Waals surface area (Å²) in [7, 11) is 1.40. The molecule has 0 amide bonds. The monoisotopic (exact) mass is 282 g/mol. The van der Waals surface area contributed by atoms with Crippen LogP contribution < -0.4 is 0 Å². The van der Waals surface area contributed by atoms with Crippen LogP contribution in [0.2, 0.25) is 0 Å². The molecule has 2 heterocycles. The summed E-state index contributed by atoms with van der Waals surface area (Å²) >= 11 is 0. The van der Waals surface area contributed by atoms with E-state index < -0.39 is 16.8 Å². The van der Waals surface area contributed by atoms with Crippen molar-refractivity contribution in [3.05, 3.63) is 39.4 Å². The van der Waals surface area contributed by atoms with E-state index >= 15 is 0 Å². The molecule has 10 nitrogen and oxygen atoms in total. The van der Waals surface area contributed by atoms with Gasteiger partial charge in [-0.15, -0.1) is 5.10 Å². The van der Waals surface area contributed by atoms with Gasteiger partial charge < -0.3 is 14.3 Å². The average molecular weight is 282 g/mol. The van der Waals surface area contributed by atoms with Crippen LogP contribution in [-0.2, 0) is 17.9 Å².